The minimum atomic E-state index is -0.119. The van der Waals surface area contributed by atoms with Gasteiger partial charge in [-0.05, 0) is 44.2 Å². The molecule has 2 fully saturated rings. The van der Waals surface area contributed by atoms with Crippen molar-refractivity contribution in [1.29, 1.82) is 0 Å². The van der Waals surface area contributed by atoms with E-state index in [1.165, 1.54) is 12.8 Å². The lowest BCUT2D eigenvalue weighted by Gasteiger charge is -2.38. The molecule has 7 nitrogen and oxygen atoms in total. The van der Waals surface area contributed by atoms with E-state index in [2.05, 4.69) is 31.3 Å². The van der Waals surface area contributed by atoms with Crippen LogP contribution in [0.4, 0.5) is 5.82 Å². The second-order valence-corrected chi connectivity index (χ2v) is 8.00. The van der Waals surface area contributed by atoms with Gasteiger partial charge in [-0.2, -0.15) is 0 Å². The highest BCUT2D eigenvalue weighted by Gasteiger charge is 2.27. The summed E-state index contributed by atoms with van der Waals surface area (Å²) in [7, 11) is 0. The third-order valence-corrected chi connectivity index (χ3v) is 5.84. The number of nitrogens with zero attached hydrogens (tertiary/aromatic N) is 4. The molecular formula is C21H29N5O2. The molecule has 1 saturated heterocycles. The van der Waals surface area contributed by atoms with Crippen molar-refractivity contribution in [3.63, 3.8) is 0 Å². The molecule has 1 N–H and O–H groups in total. The van der Waals surface area contributed by atoms with Gasteiger partial charge < -0.3 is 14.7 Å². The van der Waals surface area contributed by atoms with Crippen LogP contribution in [0.15, 0.2) is 35.0 Å². The zero-order valence-electron chi connectivity index (χ0n) is 16.5. The predicted molar refractivity (Wildman–Crippen MR) is 107 cm³/mol. The second kappa shape index (κ2) is 8.73. The van der Waals surface area contributed by atoms with Gasteiger partial charge in [0.2, 0.25) is 0 Å². The smallest absolute Gasteiger partial charge is 0.273 e. The number of carbonyl (C=O) groups excluding carboxylic acids is 1. The molecule has 0 aromatic carbocycles. The number of rotatable bonds is 5. The van der Waals surface area contributed by atoms with Gasteiger partial charge >= 0.3 is 0 Å². The van der Waals surface area contributed by atoms with Crippen LogP contribution in [-0.4, -0.2) is 59.7 Å². The van der Waals surface area contributed by atoms with Crippen LogP contribution in [0.3, 0.4) is 0 Å². The number of piperazine rings is 1. The summed E-state index contributed by atoms with van der Waals surface area (Å²) in [6.07, 6.45) is 6.37. The Kier molecular flexibility index (Phi) is 5.90. The van der Waals surface area contributed by atoms with Gasteiger partial charge in [-0.3, -0.25) is 9.69 Å². The summed E-state index contributed by atoms with van der Waals surface area (Å²) in [6, 6.07) is 8.02. The first-order chi connectivity index (χ1) is 13.7. The lowest BCUT2D eigenvalue weighted by atomic mass is 9.85. The number of pyridine rings is 1. The van der Waals surface area contributed by atoms with Gasteiger partial charge in [0.05, 0.1) is 0 Å². The van der Waals surface area contributed by atoms with Crippen LogP contribution in [0.1, 0.15) is 41.9 Å². The topological polar surface area (TPSA) is 74.5 Å². The Hall–Kier alpha value is -2.41. The minimum absolute atomic E-state index is 0.119. The molecule has 1 aliphatic carbocycles. The van der Waals surface area contributed by atoms with E-state index in [4.69, 9.17) is 4.52 Å². The molecule has 2 aliphatic rings. The van der Waals surface area contributed by atoms with Crippen LogP contribution in [0.5, 0.6) is 0 Å². The summed E-state index contributed by atoms with van der Waals surface area (Å²) < 4.78 is 5.01. The summed E-state index contributed by atoms with van der Waals surface area (Å²) in [6.45, 7) is 7.11. The van der Waals surface area contributed by atoms with Crippen molar-refractivity contribution in [3.8, 4) is 0 Å². The molecule has 0 bridgehead atoms. The van der Waals surface area contributed by atoms with Crippen molar-refractivity contribution in [2.24, 2.45) is 5.92 Å². The first-order valence-electron chi connectivity index (χ1n) is 10.3. The molecule has 1 saturated carbocycles. The van der Waals surface area contributed by atoms with Crippen LogP contribution in [0, 0.1) is 12.8 Å². The number of amides is 1. The van der Waals surface area contributed by atoms with Crippen molar-refractivity contribution in [2.75, 3.05) is 37.6 Å². The van der Waals surface area contributed by atoms with Crippen LogP contribution in [0.25, 0.3) is 0 Å². The standard InChI is InChI=1S/C21H29N5O2/c1-16-13-19(24-28-16)21(27)23-18-6-4-5-17(14-18)15-25-9-11-26(12-10-25)20-7-2-3-8-22-20/h2-3,7-8,13,17-18H,4-6,9-12,14-15H2,1H3,(H,23,27)/t17-,18+/m1/s1. The summed E-state index contributed by atoms with van der Waals surface area (Å²) in [5.41, 5.74) is 0.380. The molecule has 2 aromatic rings. The lowest BCUT2D eigenvalue weighted by Crippen LogP contribution is -2.49. The van der Waals surface area contributed by atoms with Gasteiger partial charge in [-0.25, -0.2) is 4.98 Å². The van der Waals surface area contributed by atoms with E-state index in [0.717, 1.165) is 51.4 Å². The van der Waals surface area contributed by atoms with E-state index in [9.17, 15) is 4.79 Å². The molecule has 7 heteroatoms. The Morgan fingerprint density at radius 2 is 2.11 bits per heavy atom. The maximum Gasteiger partial charge on any atom is 0.273 e. The van der Waals surface area contributed by atoms with Gasteiger partial charge in [0.1, 0.15) is 11.6 Å². The van der Waals surface area contributed by atoms with Crippen LogP contribution >= 0.6 is 0 Å². The Morgan fingerprint density at radius 1 is 1.25 bits per heavy atom. The Morgan fingerprint density at radius 3 is 2.82 bits per heavy atom. The van der Waals surface area contributed by atoms with Crippen molar-refractivity contribution in [2.45, 2.75) is 38.6 Å². The van der Waals surface area contributed by atoms with E-state index < -0.39 is 0 Å². The Balaban J connectivity index is 1.24. The van der Waals surface area contributed by atoms with E-state index in [0.29, 0.717) is 17.4 Å². The minimum Gasteiger partial charge on any atom is -0.361 e. The van der Waals surface area contributed by atoms with Gasteiger partial charge in [0.15, 0.2) is 5.69 Å². The zero-order chi connectivity index (χ0) is 19.3. The maximum absolute atomic E-state index is 12.3. The highest BCUT2D eigenvalue weighted by atomic mass is 16.5. The van der Waals surface area contributed by atoms with Crippen molar-refractivity contribution < 1.29 is 9.32 Å². The average molecular weight is 383 g/mol. The molecule has 150 valence electrons. The van der Waals surface area contributed by atoms with E-state index in [1.807, 2.05) is 18.3 Å². The van der Waals surface area contributed by atoms with Crippen molar-refractivity contribution in [3.05, 3.63) is 41.9 Å². The van der Waals surface area contributed by atoms with Gasteiger partial charge in [0, 0.05) is 51.0 Å². The Bertz CT molecular complexity index is 770. The number of hydrogen-bond donors (Lipinski definition) is 1. The fraction of sp³-hybridized carbons (Fsp3) is 0.571. The molecule has 0 unspecified atom stereocenters. The summed E-state index contributed by atoms with van der Waals surface area (Å²) in [4.78, 5) is 21.7. The summed E-state index contributed by atoms with van der Waals surface area (Å²) >= 11 is 0. The third kappa shape index (κ3) is 4.70. The van der Waals surface area contributed by atoms with E-state index >= 15 is 0 Å². The highest BCUT2D eigenvalue weighted by molar-refractivity contribution is 5.92. The number of carbonyl (C=O) groups is 1. The van der Waals surface area contributed by atoms with Crippen LogP contribution in [-0.2, 0) is 0 Å². The second-order valence-electron chi connectivity index (χ2n) is 8.00. The zero-order valence-corrected chi connectivity index (χ0v) is 16.5. The number of aryl methyl sites for hydroxylation is 1. The normalized spacial score (nSPS) is 23.5. The molecule has 2 atom stereocenters. The third-order valence-electron chi connectivity index (χ3n) is 5.84. The highest BCUT2D eigenvalue weighted by Crippen LogP contribution is 2.26. The van der Waals surface area contributed by atoms with Gasteiger partial charge in [0.25, 0.3) is 5.91 Å². The maximum atomic E-state index is 12.3. The predicted octanol–water partition coefficient (Wildman–Crippen LogP) is 2.49. The largest absolute Gasteiger partial charge is 0.361 e. The molecule has 0 spiro atoms. The lowest BCUT2D eigenvalue weighted by molar-refractivity contribution is 0.0902. The average Bonchev–Trinajstić information content (AvgIpc) is 3.16. The number of nitrogens with one attached hydrogen (secondary N) is 1. The number of aromatic nitrogens is 2. The van der Waals surface area contributed by atoms with E-state index in [-0.39, 0.29) is 11.9 Å². The van der Waals surface area contributed by atoms with E-state index in [1.54, 1.807) is 13.0 Å². The first-order valence-corrected chi connectivity index (χ1v) is 10.3. The number of hydrogen-bond acceptors (Lipinski definition) is 6. The van der Waals surface area contributed by atoms with Crippen LogP contribution in [0.2, 0.25) is 0 Å². The van der Waals surface area contributed by atoms with Crippen LogP contribution < -0.4 is 10.2 Å². The van der Waals surface area contributed by atoms with Crippen molar-refractivity contribution in [1.82, 2.24) is 20.4 Å². The summed E-state index contributed by atoms with van der Waals surface area (Å²) in [5, 5.41) is 6.97. The summed E-state index contributed by atoms with van der Waals surface area (Å²) in [5.74, 6) is 2.26. The molecule has 1 aliphatic heterocycles. The molecule has 0 radical (unpaired) electrons. The molecule has 3 heterocycles. The van der Waals surface area contributed by atoms with Crippen molar-refractivity contribution >= 4 is 11.7 Å². The first kappa shape index (κ1) is 18.9. The fourth-order valence-electron chi connectivity index (χ4n) is 4.39. The molecular weight excluding hydrogens is 354 g/mol. The number of anilines is 1. The van der Waals surface area contributed by atoms with Gasteiger partial charge in [-0.15, -0.1) is 0 Å². The molecule has 28 heavy (non-hydrogen) atoms. The SMILES string of the molecule is Cc1cc(C(=O)N[C@H]2CCC[C@@H](CN3CCN(c4ccccn4)CC3)C2)no1. The molecule has 2 aromatic heterocycles. The monoisotopic (exact) mass is 383 g/mol. The molecule has 1 amide bonds. The molecule has 4 rings (SSSR count). The quantitative estimate of drug-likeness (QED) is 0.855. The Labute approximate surface area is 166 Å². The van der Waals surface area contributed by atoms with Gasteiger partial charge in [-0.1, -0.05) is 17.6 Å². The fourth-order valence-corrected chi connectivity index (χ4v) is 4.39.